The van der Waals surface area contributed by atoms with E-state index < -0.39 is 24.3 Å². The second-order valence-electron chi connectivity index (χ2n) is 6.95. The van der Waals surface area contributed by atoms with Crippen LogP contribution >= 0.6 is 0 Å². The Morgan fingerprint density at radius 3 is 2.30 bits per heavy atom. The summed E-state index contributed by atoms with van der Waals surface area (Å²) in [6.07, 6.45) is -3.89. The van der Waals surface area contributed by atoms with E-state index in [0.717, 1.165) is 29.0 Å². The van der Waals surface area contributed by atoms with Crippen LogP contribution in [0, 0.1) is 6.92 Å². The summed E-state index contributed by atoms with van der Waals surface area (Å²) in [6.45, 7) is 3.47. The second kappa shape index (κ2) is 8.61. The van der Waals surface area contributed by atoms with E-state index in [1.54, 1.807) is 18.2 Å². The van der Waals surface area contributed by atoms with Crippen molar-refractivity contribution in [3.05, 3.63) is 70.4 Å². The summed E-state index contributed by atoms with van der Waals surface area (Å²) in [7, 11) is 0. The number of benzene rings is 2. The number of aryl methyl sites for hydroxylation is 1. The maximum Gasteiger partial charge on any atom is 0.416 e. The van der Waals surface area contributed by atoms with Gasteiger partial charge in [-0.15, -0.1) is 0 Å². The highest BCUT2D eigenvalue weighted by molar-refractivity contribution is 6.04. The SMILES string of the molecule is CC1=C(COc2cc(C)cc(OCC(=O)O)c2)CC(c2ccc(C(F)(F)F)cc2)=N1. The number of carboxylic acids is 1. The Balaban J connectivity index is 1.63. The molecule has 0 saturated carbocycles. The molecule has 1 N–H and O–H groups in total. The fourth-order valence-electron chi connectivity index (χ4n) is 3.02. The first-order valence-electron chi connectivity index (χ1n) is 9.15. The molecule has 0 aliphatic carbocycles. The van der Waals surface area contributed by atoms with Gasteiger partial charge in [-0.1, -0.05) is 12.1 Å². The first kappa shape index (κ1) is 21.4. The van der Waals surface area contributed by atoms with Crippen LogP contribution in [0.5, 0.6) is 11.5 Å². The number of allylic oxidation sites excluding steroid dienone is 1. The molecular weight excluding hydrogens is 399 g/mol. The van der Waals surface area contributed by atoms with Gasteiger partial charge in [-0.3, -0.25) is 4.99 Å². The van der Waals surface area contributed by atoms with Crippen LogP contribution in [-0.2, 0) is 11.0 Å². The molecule has 0 aromatic heterocycles. The zero-order chi connectivity index (χ0) is 21.9. The number of carbonyl (C=O) groups is 1. The van der Waals surface area contributed by atoms with Crippen molar-refractivity contribution < 1.29 is 32.5 Å². The number of halogens is 3. The predicted octanol–water partition coefficient (Wildman–Crippen LogP) is 5.02. The van der Waals surface area contributed by atoms with Crippen LogP contribution in [0.4, 0.5) is 13.2 Å². The number of rotatable bonds is 7. The van der Waals surface area contributed by atoms with E-state index in [1.807, 2.05) is 13.8 Å². The van der Waals surface area contributed by atoms with Gasteiger partial charge in [-0.05, 0) is 54.8 Å². The van der Waals surface area contributed by atoms with Crippen molar-refractivity contribution in [1.29, 1.82) is 0 Å². The van der Waals surface area contributed by atoms with Crippen molar-refractivity contribution >= 4 is 11.7 Å². The van der Waals surface area contributed by atoms with Gasteiger partial charge in [0, 0.05) is 18.2 Å². The number of carboxylic acid groups (broad SMARTS) is 1. The number of alkyl halides is 3. The standard InChI is InChI=1S/C22H20F3NO4/c1-13-7-18(10-19(8-13)30-12-21(27)28)29-11-16-9-20(26-14(16)2)15-3-5-17(6-4-15)22(23,24)25/h3-8,10H,9,11-12H2,1-2H3,(H,27,28). The molecule has 8 heteroatoms. The van der Waals surface area contributed by atoms with Crippen molar-refractivity contribution in [2.75, 3.05) is 13.2 Å². The molecule has 5 nitrogen and oxygen atoms in total. The topological polar surface area (TPSA) is 68.1 Å². The molecule has 1 heterocycles. The maximum absolute atomic E-state index is 12.7. The number of aliphatic carboxylic acids is 1. The highest BCUT2D eigenvalue weighted by Gasteiger charge is 2.30. The molecule has 158 valence electrons. The Hall–Kier alpha value is -3.29. The zero-order valence-corrected chi connectivity index (χ0v) is 16.4. The largest absolute Gasteiger partial charge is 0.489 e. The van der Waals surface area contributed by atoms with E-state index in [4.69, 9.17) is 14.6 Å². The average Bonchev–Trinajstić information content (AvgIpc) is 3.04. The fraction of sp³-hybridized carbons (Fsp3) is 0.273. The normalized spacial score (nSPS) is 14.0. The minimum absolute atomic E-state index is 0.251. The lowest BCUT2D eigenvalue weighted by molar-refractivity contribution is -0.139. The lowest BCUT2D eigenvalue weighted by atomic mass is 10.0. The smallest absolute Gasteiger partial charge is 0.416 e. The third-order valence-electron chi connectivity index (χ3n) is 4.54. The molecule has 0 saturated heterocycles. The first-order valence-corrected chi connectivity index (χ1v) is 9.15. The average molecular weight is 419 g/mol. The molecular formula is C22H20F3NO4. The summed E-state index contributed by atoms with van der Waals surface area (Å²) in [4.78, 5) is 15.1. The monoisotopic (exact) mass is 419 g/mol. The van der Waals surface area contributed by atoms with Gasteiger partial charge in [-0.25, -0.2) is 4.79 Å². The summed E-state index contributed by atoms with van der Waals surface area (Å²) in [6, 6.07) is 10.1. The molecule has 2 aromatic carbocycles. The van der Waals surface area contributed by atoms with Gasteiger partial charge in [0.25, 0.3) is 0 Å². The van der Waals surface area contributed by atoms with Crippen LogP contribution in [0.25, 0.3) is 0 Å². The second-order valence-corrected chi connectivity index (χ2v) is 6.95. The maximum atomic E-state index is 12.7. The molecule has 0 amide bonds. The molecule has 0 atom stereocenters. The van der Waals surface area contributed by atoms with E-state index in [2.05, 4.69) is 4.99 Å². The number of hydrogen-bond acceptors (Lipinski definition) is 4. The zero-order valence-electron chi connectivity index (χ0n) is 16.4. The van der Waals surface area contributed by atoms with E-state index in [9.17, 15) is 18.0 Å². The van der Waals surface area contributed by atoms with Crippen LogP contribution < -0.4 is 9.47 Å². The summed E-state index contributed by atoms with van der Waals surface area (Å²) in [5.41, 5.74) is 3.16. The van der Waals surface area contributed by atoms with E-state index in [-0.39, 0.29) is 6.61 Å². The highest BCUT2D eigenvalue weighted by Crippen LogP contribution is 2.31. The molecule has 0 spiro atoms. The van der Waals surface area contributed by atoms with Crippen LogP contribution in [0.3, 0.4) is 0 Å². The Labute approximate surface area is 171 Å². The number of aliphatic imine (C=N–C) groups is 1. The Bertz CT molecular complexity index is 1010. The van der Waals surface area contributed by atoms with E-state index >= 15 is 0 Å². The van der Waals surface area contributed by atoms with Crippen molar-refractivity contribution in [3.8, 4) is 11.5 Å². The molecule has 0 fully saturated rings. The lowest BCUT2D eigenvalue weighted by Gasteiger charge is -2.11. The van der Waals surface area contributed by atoms with Gasteiger partial charge in [0.15, 0.2) is 6.61 Å². The van der Waals surface area contributed by atoms with Crippen LogP contribution in [0.1, 0.15) is 30.0 Å². The van der Waals surface area contributed by atoms with Gasteiger partial charge in [0.05, 0.1) is 11.3 Å². The number of nitrogens with zero attached hydrogens (tertiary/aromatic N) is 1. The van der Waals surface area contributed by atoms with Crippen molar-refractivity contribution in [2.45, 2.75) is 26.4 Å². The third-order valence-corrected chi connectivity index (χ3v) is 4.54. The van der Waals surface area contributed by atoms with Crippen LogP contribution in [0.15, 0.2) is 58.7 Å². The molecule has 1 aliphatic rings. The summed E-state index contributed by atoms with van der Waals surface area (Å²) >= 11 is 0. The minimum Gasteiger partial charge on any atom is -0.489 e. The van der Waals surface area contributed by atoms with Gasteiger partial charge in [0.1, 0.15) is 18.1 Å². The molecule has 0 radical (unpaired) electrons. The van der Waals surface area contributed by atoms with Crippen molar-refractivity contribution in [3.63, 3.8) is 0 Å². The Morgan fingerprint density at radius 1 is 1.07 bits per heavy atom. The van der Waals surface area contributed by atoms with E-state index in [1.165, 1.54) is 12.1 Å². The van der Waals surface area contributed by atoms with Gasteiger partial charge >= 0.3 is 12.1 Å². The van der Waals surface area contributed by atoms with Crippen molar-refractivity contribution in [1.82, 2.24) is 0 Å². The number of hydrogen-bond donors (Lipinski definition) is 1. The Morgan fingerprint density at radius 2 is 1.70 bits per heavy atom. The highest BCUT2D eigenvalue weighted by atomic mass is 19.4. The first-order chi connectivity index (χ1) is 14.1. The lowest BCUT2D eigenvalue weighted by Crippen LogP contribution is -2.10. The van der Waals surface area contributed by atoms with Crippen molar-refractivity contribution in [2.24, 2.45) is 4.99 Å². The molecule has 3 rings (SSSR count). The molecule has 1 aliphatic heterocycles. The summed E-state index contributed by atoms with van der Waals surface area (Å²) < 4.78 is 49.2. The van der Waals surface area contributed by atoms with Crippen LogP contribution in [0.2, 0.25) is 0 Å². The third kappa shape index (κ3) is 5.40. The van der Waals surface area contributed by atoms with E-state index in [0.29, 0.717) is 29.2 Å². The molecule has 0 bridgehead atoms. The summed E-state index contributed by atoms with van der Waals surface area (Å²) in [5, 5.41) is 8.73. The predicted molar refractivity (Wildman–Crippen MR) is 105 cm³/mol. The van der Waals surface area contributed by atoms with Gasteiger partial charge in [0.2, 0.25) is 0 Å². The minimum atomic E-state index is -4.37. The van der Waals surface area contributed by atoms with Gasteiger partial charge in [-0.2, -0.15) is 13.2 Å². The molecule has 30 heavy (non-hydrogen) atoms. The molecule has 0 unspecified atom stereocenters. The summed E-state index contributed by atoms with van der Waals surface area (Å²) in [5.74, 6) is -0.149. The van der Waals surface area contributed by atoms with Crippen LogP contribution in [-0.4, -0.2) is 30.0 Å². The fourth-order valence-corrected chi connectivity index (χ4v) is 3.02. The molecule has 2 aromatic rings. The number of ether oxygens (including phenoxy) is 2. The van der Waals surface area contributed by atoms with Gasteiger partial charge < -0.3 is 14.6 Å². The quantitative estimate of drug-likeness (QED) is 0.684. The Kier molecular flexibility index (Phi) is 6.14.